The highest BCUT2D eigenvalue weighted by Crippen LogP contribution is 2.20. The third-order valence-corrected chi connectivity index (χ3v) is 3.44. The molecule has 3 rings (SSSR count). The van der Waals surface area contributed by atoms with E-state index < -0.39 is 5.97 Å². The van der Waals surface area contributed by atoms with E-state index in [0.29, 0.717) is 16.5 Å². The Kier molecular flexibility index (Phi) is 2.72. The zero-order chi connectivity index (χ0) is 12.7. The largest absolute Gasteiger partial charge is 0.476 e. The van der Waals surface area contributed by atoms with Crippen LogP contribution in [0.15, 0.2) is 18.3 Å². The summed E-state index contributed by atoms with van der Waals surface area (Å²) in [5, 5.41) is 12.9. The fourth-order valence-corrected chi connectivity index (χ4v) is 2.33. The fraction of sp³-hybridized carbons (Fsp3) is 0.333. The van der Waals surface area contributed by atoms with Crippen molar-refractivity contribution in [2.75, 3.05) is 13.1 Å². The number of aromatic nitrogens is 2. The van der Waals surface area contributed by atoms with Gasteiger partial charge in [0.25, 0.3) is 0 Å². The predicted molar refractivity (Wildman–Crippen MR) is 67.2 cm³/mol. The molecule has 5 nitrogen and oxygen atoms in total. The summed E-state index contributed by atoms with van der Waals surface area (Å²) in [4.78, 5) is 15.4. The Bertz CT molecular complexity index is 619. The zero-order valence-electron chi connectivity index (χ0n) is 9.56. The van der Waals surface area contributed by atoms with Gasteiger partial charge in [-0.25, -0.2) is 9.78 Å². The number of pyridine rings is 1. The Morgan fingerprint density at radius 2 is 2.33 bits per heavy atom. The van der Waals surface area contributed by atoms with Crippen LogP contribution in [0.2, 0.25) is 5.02 Å². The summed E-state index contributed by atoms with van der Waals surface area (Å²) in [7, 11) is 0. The number of fused-ring (bicyclic) bond motifs is 1. The minimum atomic E-state index is -1.01. The number of imidazole rings is 1. The van der Waals surface area contributed by atoms with Crippen molar-refractivity contribution in [2.24, 2.45) is 5.92 Å². The van der Waals surface area contributed by atoms with Crippen molar-refractivity contribution in [3.63, 3.8) is 0 Å². The van der Waals surface area contributed by atoms with Crippen molar-refractivity contribution in [1.29, 1.82) is 0 Å². The monoisotopic (exact) mass is 265 g/mol. The van der Waals surface area contributed by atoms with E-state index in [1.165, 1.54) is 0 Å². The summed E-state index contributed by atoms with van der Waals surface area (Å²) in [5.41, 5.74) is 0.683. The van der Waals surface area contributed by atoms with E-state index in [-0.39, 0.29) is 5.69 Å². The molecular weight excluding hydrogens is 254 g/mol. The summed E-state index contributed by atoms with van der Waals surface area (Å²) in [6.07, 6.45) is 2.49. The quantitative estimate of drug-likeness (QED) is 0.882. The first kappa shape index (κ1) is 11.5. The highest BCUT2D eigenvalue weighted by atomic mass is 35.5. The summed E-state index contributed by atoms with van der Waals surface area (Å²) in [6, 6.07) is 3.38. The molecule has 6 heteroatoms. The molecule has 0 bridgehead atoms. The average molecular weight is 266 g/mol. The lowest BCUT2D eigenvalue weighted by molar-refractivity contribution is 0.0693. The van der Waals surface area contributed by atoms with Crippen molar-refractivity contribution in [1.82, 2.24) is 14.7 Å². The third kappa shape index (κ3) is 1.85. The second-order valence-electron chi connectivity index (χ2n) is 4.51. The number of aromatic carboxylic acids is 1. The van der Waals surface area contributed by atoms with Gasteiger partial charge in [0.15, 0.2) is 5.69 Å². The molecule has 0 aliphatic carbocycles. The smallest absolute Gasteiger partial charge is 0.356 e. The molecule has 0 radical (unpaired) electrons. The van der Waals surface area contributed by atoms with E-state index in [2.05, 4.69) is 10.3 Å². The lowest BCUT2D eigenvalue weighted by Crippen LogP contribution is -2.43. The highest BCUT2D eigenvalue weighted by molar-refractivity contribution is 6.30. The Morgan fingerprint density at radius 1 is 1.56 bits per heavy atom. The molecule has 0 amide bonds. The number of hydrogen-bond donors (Lipinski definition) is 2. The number of rotatable bonds is 3. The highest BCUT2D eigenvalue weighted by Gasteiger charge is 2.22. The Balaban J connectivity index is 2.10. The SMILES string of the molecule is O=C(O)c1nc(CC2CNC2)n2cc(Cl)ccc12. The molecule has 2 N–H and O–H groups in total. The Hall–Kier alpha value is -1.59. The third-order valence-electron chi connectivity index (χ3n) is 3.21. The van der Waals surface area contributed by atoms with E-state index >= 15 is 0 Å². The fourth-order valence-electron chi connectivity index (χ4n) is 2.17. The van der Waals surface area contributed by atoms with E-state index in [9.17, 15) is 4.79 Å². The summed E-state index contributed by atoms with van der Waals surface area (Å²) < 4.78 is 1.78. The lowest BCUT2D eigenvalue weighted by Gasteiger charge is -2.26. The van der Waals surface area contributed by atoms with E-state index in [1.54, 1.807) is 22.7 Å². The van der Waals surface area contributed by atoms with Crippen LogP contribution in [0.3, 0.4) is 0 Å². The summed E-state index contributed by atoms with van der Waals surface area (Å²) >= 11 is 5.96. The minimum Gasteiger partial charge on any atom is -0.476 e. The molecule has 0 unspecified atom stereocenters. The van der Waals surface area contributed by atoms with Crippen LogP contribution >= 0.6 is 11.6 Å². The molecule has 94 valence electrons. The number of carbonyl (C=O) groups is 1. The van der Waals surface area contributed by atoms with Crippen molar-refractivity contribution in [3.05, 3.63) is 34.9 Å². The van der Waals surface area contributed by atoms with Crippen molar-refractivity contribution in [2.45, 2.75) is 6.42 Å². The van der Waals surface area contributed by atoms with Gasteiger partial charge in [0, 0.05) is 12.6 Å². The summed E-state index contributed by atoms with van der Waals surface area (Å²) in [5.74, 6) is 0.278. The van der Waals surface area contributed by atoms with Gasteiger partial charge < -0.3 is 14.8 Å². The van der Waals surface area contributed by atoms with Crippen molar-refractivity contribution in [3.8, 4) is 0 Å². The van der Waals surface area contributed by atoms with Crippen molar-refractivity contribution < 1.29 is 9.90 Å². The van der Waals surface area contributed by atoms with Gasteiger partial charge in [-0.1, -0.05) is 11.6 Å². The average Bonchev–Trinajstić information content (AvgIpc) is 2.62. The second-order valence-corrected chi connectivity index (χ2v) is 4.95. The Morgan fingerprint density at radius 3 is 2.94 bits per heavy atom. The van der Waals surface area contributed by atoms with Gasteiger partial charge in [0.1, 0.15) is 5.82 Å². The van der Waals surface area contributed by atoms with Crippen LogP contribution in [0.25, 0.3) is 5.52 Å². The van der Waals surface area contributed by atoms with Crippen LogP contribution in [0.4, 0.5) is 0 Å². The maximum Gasteiger partial charge on any atom is 0.356 e. The maximum atomic E-state index is 11.2. The number of hydrogen-bond acceptors (Lipinski definition) is 3. The van der Waals surface area contributed by atoms with Gasteiger partial charge in [-0.2, -0.15) is 0 Å². The maximum absolute atomic E-state index is 11.2. The van der Waals surface area contributed by atoms with Crippen LogP contribution in [0.5, 0.6) is 0 Å². The topological polar surface area (TPSA) is 66.6 Å². The second kappa shape index (κ2) is 4.26. The van der Waals surface area contributed by atoms with E-state index in [1.807, 2.05) is 0 Å². The van der Waals surface area contributed by atoms with Gasteiger partial charge in [-0.05, 0) is 31.1 Å². The minimum absolute atomic E-state index is 0.0916. The van der Waals surface area contributed by atoms with Crippen LogP contribution in [0.1, 0.15) is 16.3 Å². The zero-order valence-corrected chi connectivity index (χ0v) is 10.3. The van der Waals surface area contributed by atoms with E-state index in [0.717, 1.165) is 25.3 Å². The number of carboxylic acid groups (broad SMARTS) is 1. The first-order chi connectivity index (χ1) is 8.65. The molecule has 0 atom stereocenters. The van der Waals surface area contributed by atoms with Gasteiger partial charge in [0.05, 0.1) is 10.5 Å². The molecule has 1 aliphatic rings. The molecule has 3 heterocycles. The molecule has 0 spiro atoms. The van der Waals surface area contributed by atoms with Crippen molar-refractivity contribution >= 4 is 23.1 Å². The van der Waals surface area contributed by atoms with Crippen LogP contribution in [0, 0.1) is 5.92 Å². The predicted octanol–water partition coefficient (Wildman–Crippen LogP) is 1.45. The number of carboxylic acids is 1. The first-order valence-corrected chi connectivity index (χ1v) is 6.13. The number of halogens is 1. The van der Waals surface area contributed by atoms with Gasteiger partial charge >= 0.3 is 5.97 Å². The Labute approximate surface area is 108 Å². The molecule has 0 saturated carbocycles. The normalized spacial score (nSPS) is 15.8. The van der Waals surface area contributed by atoms with E-state index in [4.69, 9.17) is 16.7 Å². The van der Waals surface area contributed by atoms with Gasteiger partial charge in [-0.3, -0.25) is 0 Å². The van der Waals surface area contributed by atoms with Gasteiger partial charge in [0.2, 0.25) is 0 Å². The molecular formula is C12H12ClN3O2. The molecule has 2 aromatic heterocycles. The van der Waals surface area contributed by atoms with Crippen LogP contribution in [-0.2, 0) is 6.42 Å². The number of nitrogens with zero attached hydrogens (tertiary/aromatic N) is 2. The van der Waals surface area contributed by atoms with Gasteiger partial charge in [-0.15, -0.1) is 0 Å². The molecule has 0 aromatic carbocycles. The number of nitrogens with one attached hydrogen (secondary N) is 1. The molecule has 2 aromatic rings. The molecule has 1 saturated heterocycles. The summed E-state index contributed by atoms with van der Waals surface area (Å²) in [6.45, 7) is 1.91. The van der Waals surface area contributed by atoms with Crippen LogP contribution < -0.4 is 5.32 Å². The lowest BCUT2D eigenvalue weighted by atomic mass is 9.99. The standard InChI is InChI=1S/C12H12ClN3O2/c13-8-1-2-9-11(12(17)18)15-10(16(9)6-8)3-7-4-14-5-7/h1-2,6-7,14H,3-5H2,(H,17,18). The molecule has 1 fully saturated rings. The first-order valence-electron chi connectivity index (χ1n) is 5.75. The van der Waals surface area contributed by atoms with Crippen LogP contribution in [-0.4, -0.2) is 33.6 Å². The molecule has 18 heavy (non-hydrogen) atoms. The molecule has 1 aliphatic heterocycles.